The van der Waals surface area contributed by atoms with E-state index in [2.05, 4.69) is 27.2 Å². The molecule has 6 nitrogen and oxygen atoms in total. The summed E-state index contributed by atoms with van der Waals surface area (Å²) in [6, 6.07) is 5.59. The van der Waals surface area contributed by atoms with Gasteiger partial charge in [0.25, 0.3) is 0 Å². The van der Waals surface area contributed by atoms with E-state index < -0.39 is 0 Å². The normalized spacial score (nSPS) is 15.5. The van der Waals surface area contributed by atoms with Crippen molar-refractivity contribution in [1.82, 2.24) is 4.90 Å². The number of nitrogens with one attached hydrogen (secondary N) is 2. The lowest BCUT2D eigenvalue weighted by Gasteiger charge is -2.25. The zero-order valence-electron chi connectivity index (χ0n) is 12.4. The number of carbonyl (C=O) groups excluding carboxylic acids is 1. The number of nitrogens with zero attached hydrogens (tertiary/aromatic N) is 2. The molecule has 1 aliphatic heterocycles. The molecule has 0 radical (unpaired) electrons. The molecule has 1 fully saturated rings. The van der Waals surface area contributed by atoms with Crippen LogP contribution in [0.5, 0.6) is 0 Å². The fourth-order valence-electron chi connectivity index (χ4n) is 2.24. The number of morpholine rings is 1. The third kappa shape index (κ3) is 4.54. The molecule has 0 saturated carbocycles. The van der Waals surface area contributed by atoms with Crippen molar-refractivity contribution in [2.45, 2.75) is 6.92 Å². The van der Waals surface area contributed by atoms with Crippen molar-refractivity contribution in [3.63, 3.8) is 0 Å². The molecule has 2 N–H and O–H groups in total. The number of hydrogen-bond donors (Lipinski definition) is 2. The standard InChI is InChI=1S/C15H22N4O2/c1-3-17-13-5-4-12(10-14(13)16-2)18-15(20)11-19-6-8-21-9-7-19/h4-5,10,17H,2-3,6-9,11H2,1H3,(H,18,20). The second kappa shape index (κ2) is 7.75. The van der Waals surface area contributed by atoms with Crippen LogP contribution in [0.3, 0.4) is 0 Å². The number of aliphatic imine (C=N–C) groups is 1. The molecular weight excluding hydrogens is 268 g/mol. The highest BCUT2D eigenvalue weighted by Crippen LogP contribution is 2.28. The van der Waals surface area contributed by atoms with Gasteiger partial charge in [-0.25, -0.2) is 0 Å². The Balaban J connectivity index is 1.95. The van der Waals surface area contributed by atoms with E-state index in [0.29, 0.717) is 19.8 Å². The first-order valence-electron chi connectivity index (χ1n) is 7.17. The lowest BCUT2D eigenvalue weighted by atomic mass is 10.2. The minimum absolute atomic E-state index is 0.0249. The summed E-state index contributed by atoms with van der Waals surface area (Å²) in [5, 5.41) is 6.10. The van der Waals surface area contributed by atoms with E-state index in [1.807, 2.05) is 25.1 Å². The van der Waals surface area contributed by atoms with Crippen LogP contribution in [-0.2, 0) is 9.53 Å². The fourth-order valence-corrected chi connectivity index (χ4v) is 2.24. The van der Waals surface area contributed by atoms with Crippen LogP contribution in [0.15, 0.2) is 23.2 Å². The molecule has 1 saturated heterocycles. The molecule has 1 aromatic carbocycles. The van der Waals surface area contributed by atoms with Crippen LogP contribution in [-0.4, -0.2) is 56.9 Å². The van der Waals surface area contributed by atoms with Gasteiger partial charge in [-0.3, -0.25) is 14.7 Å². The summed E-state index contributed by atoms with van der Waals surface area (Å²) in [5.74, 6) is -0.0249. The summed E-state index contributed by atoms with van der Waals surface area (Å²) >= 11 is 0. The van der Waals surface area contributed by atoms with Gasteiger partial charge in [0, 0.05) is 25.3 Å². The molecule has 1 heterocycles. The van der Waals surface area contributed by atoms with E-state index in [9.17, 15) is 4.79 Å². The molecule has 21 heavy (non-hydrogen) atoms. The molecule has 1 aliphatic rings. The smallest absolute Gasteiger partial charge is 0.238 e. The van der Waals surface area contributed by atoms with E-state index in [-0.39, 0.29) is 5.91 Å². The van der Waals surface area contributed by atoms with Gasteiger partial charge < -0.3 is 15.4 Å². The number of hydrogen-bond acceptors (Lipinski definition) is 5. The van der Waals surface area contributed by atoms with E-state index in [1.165, 1.54) is 0 Å². The second-order valence-corrected chi connectivity index (χ2v) is 4.86. The van der Waals surface area contributed by atoms with E-state index >= 15 is 0 Å². The molecule has 0 aliphatic carbocycles. The number of benzene rings is 1. The Kier molecular flexibility index (Phi) is 5.71. The van der Waals surface area contributed by atoms with Gasteiger partial charge in [-0.15, -0.1) is 0 Å². The van der Waals surface area contributed by atoms with E-state index in [4.69, 9.17) is 4.74 Å². The molecule has 0 spiro atoms. The summed E-state index contributed by atoms with van der Waals surface area (Å²) in [6.45, 7) is 9.75. The van der Waals surface area contributed by atoms with Gasteiger partial charge in [-0.2, -0.15) is 0 Å². The molecule has 114 valence electrons. The maximum absolute atomic E-state index is 12.0. The van der Waals surface area contributed by atoms with Gasteiger partial charge in [-0.05, 0) is 31.8 Å². The Morgan fingerprint density at radius 2 is 2.19 bits per heavy atom. The maximum atomic E-state index is 12.0. The van der Waals surface area contributed by atoms with Crippen LogP contribution >= 0.6 is 0 Å². The monoisotopic (exact) mass is 290 g/mol. The van der Waals surface area contributed by atoms with Crippen LogP contribution < -0.4 is 10.6 Å². The number of anilines is 2. The molecule has 0 bridgehead atoms. The molecular formula is C15H22N4O2. The van der Waals surface area contributed by atoms with Crippen LogP contribution in [0, 0.1) is 0 Å². The Bertz CT molecular complexity index is 498. The number of amides is 1. The Labute approximate surface area is 125 Å². The molecule has 1 aromatic rings. The topological polar surface area (TPSA) is 66.0 Å². The largest absolute Gasteiger partial charge is 0.384 e. The third-order valence-electron chi connectivity index (χ3n) is 3.29. The average molecular weight is 290 g/mol. The minimum atomic E-state index is -0.0249. The first-order chi connectivity index (χ1) is 10.2. The lowest BCUT2D eigenvalue weighted by Crippen LogP contribution is -2.41. The van der Waals surface area contributed by atoms with Crippen LogP contribution in [0.25, 0.3) is 0 Å². The Morgan fingerprint density at radius 1 is 1.43 bits per heavy atom. The van der Waals surface area contributed by atoms with Crippen molar-refractivity contribution in [2.75, 3.05) is 50.0 Å². The number of rotatable bonds is 6. The average Bonchev–Trinajstić information content (AvgIpc) is 2.50. The van der Waals surface area contributed by atoms with Crippen molar-refractivity contribution < 1.29 is 9.53 Å². The van der Waals surface area contributed by atoms with Crippen molar-refractivity contribution in [3.05, 3.63) is 18.2 Å². The molecule has 0 aromatic heterocycles. The molecule has 6 heteroatoms. The lowest BCUT2D eigenvalue weighted by molar-refractivity contribution is -0.118. The van der Waals surface area contributed by atoms with Gasteiger partial charge in [0.2, 0.25) is 5.91 Å². The van der Waals surface area contributed by atoms with Gasteiger partial charge in [0.15, 0.2) is 0 Å². The van der Waals surface area contributed by atoms with Crippen molar-refractivity contribution >= 4 is 29.7 Å². The summed E-state index contributed by atoms with van der Waals surface area (Å²) in [5.41, 5.74) is 2.39. The summed E-state index contributed by atoms with van der Waals surface area (Å²) in [6.07, 6.45) is 0. The highest BCUT2D eigenvalue weighted by atomic mass is 16.5. The number of carbonyl (C=O) groups is 1. The molecule has 0 unspecified atom stereocenters. The first-order valence-corrected chi connectivity index (χ1v) is 7.17. The van der Waals surface area contributed by atoms with Gasteiger partial charge >= 0.3 is 0 Å². The van der Waals surface area contributed by atoms with Gasteiger partial charge in [-0.1, -0.05) is 0 Å². The molecule has 0 atom stereocenters. The quantitative estimate of drug-likeness (QED) is 0.783. The summed E-state index contributed by atoms with van der Waals surface area (Å²) in [4.78, 5) is 18.1. The van der Waals surface area contributed by atoms with Gasteiger partial charge in [0.1, 0.15) is 0 Å². The third-order valence-corrected chi connectivity index (χ3v) is 3.29. The minimum Gasteiger partial charge on any atom is -0.384 e. The predicted molar refractivity (Wildman–Crippen MR) is 85.7 cm³/mol. The van der Waals surface area contributed by atoms with Crippen molar-refractivity contribution in [1.29, 1.82) is 0 Å². The second-order valence-electron chi connectivity index (χ2n) is 4.86. The van der Waals surface area contributed by atoms with Crippen LogP contribution in [0.2, 0.25) is 0 Å². The number of ether oxygens (including phenoxy) is 1. The fraction of sp³-hybridized carbons (Fsp3) is 0.467. The molecule has 2 rings (SSSR count). The SMILES string of the molecule is C=Nc1cc(NC(=O)CN2CCOCC2)ccc1NCC. The zero-order chi connectivity index (χ0) is 15.1. The van der Waals surface area contributed by atoms with E-state index in [1.54, 1.807) is 0 Å². The van der Waals surface area contributed by atoms with Crippen molar-refractivity contribution in [3.8, 4) is 0 Å². The summed E-state index contributed by atoms with van der Waals surface area (Å²) in [7, 11) is 0. The predicted octanol–water partition coefficient (Wildman–Crippen LogP) is 1.72. The Morgan fingerprint density at radius 3 is 2.86 bits per heavy atom. The van der Waals surface area contributed by atoms with Crippen molar-refractivity contribution in [2.24, 2.45) is 4.99 Å². The highest BCUT2D eigenvalue weighted by molar-refractivity contribution is 5.93. The van der Waals surface area contributed by atoms with E-state index in [0.717, 1.165) is 36.7 Å². The van der Waals surface area contributed by atoms with Gasteiger partial charge in [0.05, 0.1) is 31.1 Å². The van der Waals surface area contributed by atoms with Crippen LogP contribution in [0.4, 0.5) is 17.1 Å². The Hall–Kier alpha value is -1.92. The highest BCUT2D eigenvalue weighted by Gasteiger charge is 2.14. The first kappa shape index (κ1) is 15.5. The van der Waals surface area contributed by atoms with Crippen LogP contribution in [0.1, 0.15) is 6.92 Å². The molecule has 1 amide bonds. The summed E-state index contributed by atoms with van der Waals surface area (Å²) < 4.78 is 5.27. The maximum Gasteiger partial charge on any atom is 0.238 e. The zero-order valence-corrected chi connectivity index (χ0v) is 12.4.